The first-order valence-corrected chi connectivity index (χ1v) is 10.2. The highest BCUT2D eigenvalue weighted by atomic mass is 127. The van der Waals surface area contributed by atoms with E-state index in [1.54, 1.807) is 13.1 Å². The van der Waals surface area contributed by atoms with E-state index in [1.165, 1.54) is 6.07 Å². The molecule has 146 valence electrons. The van der Waals surface area contributed by atoms with Gasteiger partial charge in [-0.25, -0.2) is 13.6 Å². The summed E-state index contributed by atoms with van der Waals surface area (Å²) in [6.45, 7) is 6.11. The lowest BCUT2D eigenvalue weighted by Crippen LogP contribution is -2.37. The van der Waals surface area contributed by atoms with Gasteiger partial charge in [0.1, 0.15) is 4.21 Å². The number of aliphatic imine (C=N–C) groups is 1. The highest BCUT2D eigenvalue weighted by Crippen LogP contribution is 2.19. The van der Waals surface area contributed by atoms with Crippen LogP contribution in [0.2, 0.25) is 0 Å². The predicted molar refractivity (Wildman–Crippen MR) is 116 cm³/mol. The molecule has 0 spiro atoms. The minimum Gasteiger partial charge on any atom is -0.356 e. The molecule has 0 aliphatic rings. The van der Waals surface area contributed by atoms with Crippen molar-refractivity contribution in [1.29, 1.82) is 0 Å². The summed E-state index contributed by atoms with van der Waals surface area (Å²) in [4.78, 5) is 5.03. The van der Waals surface area contributed by atoms with E-state index in [2.05, 4.69) is 26.8 Å². The Hall–Kier alpha value is -1.18. The van der Waals surface area contributed by atoms with E-state index in [-0.39, 0.29) is 28.2 Å². The van der Waals surface area contributed by atoms with E-state index in [9.17, 15) is 8.42 Å². The molecule has 0 unspecified atom stereocenters. The molecule has 26 heavy (non-hydrogen) atoms. The third-order valence-corrected chi connectivity index (χ3v) is 6.04. The van der Waals surface area contributed by atoms with E-state index in [0.29, 0.717) is 12.5 Å². The van der Waals surface area contributed by atoms with E-state index in [1.807, 2.05) is 18.5 Å². The second-order valence-electron chi connectivity index (χ2n) is 5.62. The number of rotatable bonds is 7. The maximum Gasteiger partial charge on any atom is 0.247 e. The van der Waals surface area contributed by atoms with E-state index >= 15 is 0 Å². The Morgan fingerprint density at radius 3 is 2.62 bits per heavy atom. The molecular formula is C15H25IN6O2S2. The van der Waals surface area contributed by atoms with Crippen LogP contribution in [0, 0.1) is 13.8 Å². The summed E-state index contributed by atoms with van der Waals surface area (Å²) in [5.74, 6) is 0.666. The first-order chi connectivity index (χ1) is 11.8. The standard InChI is InChI=1S/C15H24N6O2S2.HI/c1-11-9-12(2)21(20-11)8-4-7-18-15(17-3)19-10-13-5-6-14(24-13)25(16,22)23;/h5-6,9H,4,7-8,10H2,1-3H3,(H2,16,22,23)(H2,17,18,19);1H. The molecule has 0 amide bonds. The van der Waals surface area contributed by atoms with Gasteiger partial charge >= 0.3 is 0 Å². The monoisotopic (exact) mass is 512 g/mol. The molecule has 0 radical (unpaired) electrons. The number of aryl methyl sites for hydroxylation is 3. The quantitative estimate of drug-likeness (QED) is 0.226. The van der Waals surface area contributed by atoms with Crippen molar-refractivity contribution in [2.24, 2.45) is 10.1 Å². The van der Waals surface area contributed by atoms with Gasteiger partial charge in [0.15, 0.2) is 5.96 Å². The molecular weight excluding hydrogens is 487 g/mol. The van der Waals surface area contributed by atoms with Crippen molar-refractivity contribution in [3.8, 4) is 0 Å². The number of halogens is 1. The molecule has 11 heteroatoms. The maximum absolute atomic E-state index is 11.3. The molecule has 2 heterocycles. The lowest BCUT2D eigenvalue weighted by molar-refractivity contribution is 0.555. The third-order valence-electron chi connectivity index (χ3n) is 3.51. The maximum atomic E-state index is 11.3. The Bertz CT molecular complexity index is 844. The molecule has 0 saturated heterocycles. The fraction of sp³-hybridized carbons (Fsp3) is 0.467. The molecule has 4 N–H and O–H groups in total. The molecule has 2 aromatic heterocycles. The van der Waals surface area contributed by atoms with Crippen LogP contribution < -0.4 is 15.8 Å². The summed E-state index contributed by atoms with van der Waals surface area (Å²) in [5, 5.41) is 15.9. The van der Waals surface area contributed by atoms with E-state index in [0.717, 1.165) is 47.1 Å². The van der Waals surface area contributed by atoms with Crippen LogP contribution in [0.3, 0.4) is 0 Å². The van der Waals surface area contributed by atoms with Gasteiger partial charge in [-0.2, -0.15) is 5.10 Å². The summed E-state index contributed by atoms with van der Waals surface area (Å²) in [6, 6.07) is 5.32. The molecule has 0 aliphatic heterocycles. The molecule has 8 nitrogen and oxygen atoms in total. The average Bonchev–Trinajstić information content (AvgIpc) is 3.13. The summed E-state index contributed by atoms with van der Waals surface area (Å²) >= 11 is 1.15. The first kappa shape index (κ1) is 22.9. The normalized spacial score (nSPS) is 11.9. The summed E-state index contributed by atoms with van der Waals surface area (Å²) in [5.41, 5.74) is 2.18. The van der Waals surface area contributed by atoms with Gasteiger partial charge in [-0.1, -0.05) is 0 Å². The van der Waals surface area contributed by atoms with Crippen LogP contribution in [0.25, 0.3) is 0 Å². The highest BCUT2D eigenvalue weighted by Gasteiger charge is 2.11. The van der Waals surface area contributed by atoms with E-state index in [4.69, 9.17) is 5.14 Å². The molecule has 0 saturated carbocycles. The fourth-order valence-corrected chi connectivity index (χ4v) is 4.05. The third kappa shape index (κ3) is 6.85. The Balaban J connectivity index is 0.00000338. The van der Waals surface area contributed by atoms with Gasteiger partial charge in [0.2, 0.25) is 10.0 Å². The Labute approximate surface area is 175 Å². The minimum absolute atomic E-state index is 0. The number of aromatic nitrogens is 2. The number of hydrogen-bond acceptors (Lipinski definition) is 5. The predicted octanol–water partition coefficient (Wildman–Crippen LogP) is 1.58. The number of nitrogens with two attached hydrogens (primary N) is 1. The van der Waals surface area contributed by atoms with Crippen molar-refractivity contribution in [1.82, 2.24) is 20.4 Å². The second kappa shape index (κ2) is 10.2. The zero-order valence-corrected chi connectivity index (χ0v) is 19.0. The van der Waals surface area contributed by atoms with Crippen LogP contribution in [0.15, 0.2) is 27.4 Å². The number of thiophene rings is 1. The first-order valence-electron chi connectivity index (χ1n) is 7.86. The number of primary sulfonamides is 1. The lowest BCUT2D eigenvalue weighted by Gasteiger charge is -2.11. The van der Waals surface area contributed by atoms with Gasteiger partial charge in [0.25, 0.3) is 0 Å². The Morgan fingerprint density at radius 1 is 1.35 bits per heavy atom. The summed E-state index contributed by atoms with van der Waals surface area (Å²) in [7, 11) is -1.94. The van der Waals surface area contributed by atoms with Crippen molar-refractivity contribution in [2.45, 2.75) is 37.6 Å². The van der Waals surface area contributed by atoms with Crippen molar-refractivity contribution < 1.29 is 8.42 Å². The summed E-state index contributed by atoms with van der Waals surface area (Å²) in [6.07, 6.45) is 0.914. The molecule has 0 bridgehead atoms. The van der Waals surface area contributed by atoms with Gasteiger partial charge < -0.3 is 10.6 Å². The van der Waals surface area contributed by atoms with Crippen LogP contribution in [-0.4, -0.2) is 37.8 Å². The van der Waals surface area contributed by atoms with Gasteiger partial charge in [-0.05, 0) is 38.5 Å². The molecule has 0 atom stereocenters. The van der Waals surface area contributed by atoms with Crippen LogP contribution >= 0.6 is 35.3 Å². The second-order valence-corrected chi connectivity index (χ2v) is 8.58. The summed E-state index contributed by atoms with van der Waals surface area (Å²) < 4.78 is 24.7. The SMILES string of the molecule is CN=C(NCCCn1nc(C)cc1C)NCc1ccc(S(N)(=O)=O)s1.I. The van der Waals surface area contributed by atoms with Crippen molar-refractivity contribution in [2.75, 3.05) is 13.6 Å². The average molecular weight is 512 g/mol. The number of guanidine groups is 1. The van der Waals surface area contributed by atoms with Gasteiger partial charge in [-0.15, -0.1) is 35.3 Å². The largest absolute Gasteiger partial charge is 0.356 e. The Kier molecular flexibility index (Phi) is 9.00. The molecule has 0 fully saturated rings. The minimum atomic E-state index is -3.64. The van der Waals surface area contributed by atoms with Crippen LogP contribution in [0.4, 0.5) is 0 Å². The number of nitrogens with zero attached hydrogens (tertiary/aromatic N) is 3. The topological polar surface area (TPSA) is 114 Å². The van der Waals surface area contributed by atoms with Crippen molar-refractivity contribution in [3.05, 3.63) is 34.5 Å². The molecule has 2 aromatic rings. The molecule has 2 rings (SSSR count). The molecule has 0 aliphatic carbocycles. The van der Waals surface area contributed by atoms with E-state index < -0.39 is 10.0 Å². The van der Waals surface area contributed by atoms with Crippen LogP contribution in [-0.2, 0) is 23.1 Å². The number of nitrogens with one attached hydrogen (secondary N) is 2. The Morgan fingerprint density at radius 2 is 2.08 bits per heavy atom. The smallest absolute Gasteiger partial charge is 0.247 e. The zero-order chi connectivity index (χ0) is 18.4. The van der Waals surface area contributed by atoms with Gasteiger partial charge in [0.05, 0.1) is 12.2 Å². The number of sulfonamides is 1. The van der Waals surface area contributed by atoms with Gasteiger partial charge in [0, 0.05) is 30.7 Å². The zero-order valence-electron chi connectivity index (χ0n) is 15.0. The fourth-order valence-electron chi connectivity index (χ4n) is 2.33. The van der Waals surface area contributed by atoms with Crippen molar-refractivity contribution in [3.63, 3.8) is 0 Å². The van der Waals surface area contributed by atoms with Crippen LogP contribution in [0.1, 0.15) is 22.7 Å². The lowest BCUT2D eigenvalue weighted by atomic mass is 10.4. The van der Waals surface area contributed by atoms with Gasteiger partial charge in [-0.3, -0.25) is 9.67 Å². The highest BCUT2D eigenvalue weighted by molar-refractivity contribution is 14.0. The van der Waals surface area contributed by atoms with Crippen LogP contribution in [0.5, 0.6) is 0 Å². The number of hydrogen-bond donors (Lipinski definition) is 3. The van der Waals surface area contributed by atoms with Crippen molar-refractivity contribution >= 4 is 51.3 Å². The molecule has 0 aromatic carbocycles.